The molecular formula is C18H16N2O4S. The van der Waals surface area contributed by atoms with E-state index in [2.05, 4.69) is 4.98 Å². The largest absolute Gasteiger partial charge is 0.508 e. The number of ether oxygens (including phenoxy) is 1. The summed E-state index contributed by atoms with van der Waals surface area (Å²) in [5.41, 5.74) is 1.10. The number of aromatic hydroxyl groups is 1. The van der Waals surface area contributed by atoms with Crippen molar-refractivity contribution >= 4 is 38.6 Å². The first kappa shape index (κ1) is 16.9. The predicted octanol–water partition coefficient (Wildman–Crippen LogP) is 3.21. The summed E-state index contributed by atoms with van der Waals surface area (Å²) >= 11 is 1.42. The van der Waals surface area contributed by atoms with Crippen molar-refractivity contribution in [1.82, 2.24) is 4.98 Å². The van der Waals surface area contributed by atoms with Gasteiger partial charge in [0.25, 0.3) is 5.91 Å². The number of esters is 1. The Labute approximate surface area is 148 Å². The Hall–Kier alpha value is -2.93. The molecule has 0 fully saturated rings. The maximum Gasteiger partial charge on any atom is 0.338 e. The quantitative estimate of drug-likeness (QED) is 0.710. The van der Waals surface area contributed by atoms with Crippen LogP contribution in [0.5, 0.6) is 5.75 Å². The number of hydrogen-bond acceptors (Lipinski definition) is 6. The molecule has 0 aliphatic carbocycles. The van der Waals surface area contributed by atoms with E-state index in [0.29, 0.717) is 11.7 Å². The minimum atomic E-state index is -0.617. The van der Waals surface area contributed by atoms with E-state index >= 15 is 0 Å². The fraction of sp³-hybridized carbons (Fsp3) is 0.167. The molecule has 6 nitrogen and oxygen atoms in total. The normalized spacial score (nSPS) is 10.6. The van der Waals surface area contributed by atoms with Crippen molar-refractivity contribution in [2.45, 2.75) is 6.92 Å². The lowest BCUT2D eigenvalue weighted by atomic mass is 10.2. The van der Waals surface area contributed by atoms with Crippen molar-refractivity contribution in [3.05, 3.63) is 54.1 Å². The van der Waals surface area contributed by atoms with E-state index in [0.717, 1.165) is 10.2 Å². The molecule has 25 heavy (non-hydrogen) atoms. The summed E-state index contributed by atoms with van der Waals surface area (Å²) < 4.78 is 6.06. The van der Waals surface area contributed by atoms with Crippen LogP contribution in [0.15, 0.2) is 48.5 Å². The first-order valence-electron chi connectivity index (χ1n) is 7.70. The van der Waals surface area contributed by atoms with Gasteiger partial charge < -0.3 is 9.84 Å². The molecule has 0 aliphatic rings. The van der Waals surface area contributed by atoms with E-state index in [1.165, 1.54) is 40.5 Å². The van der Waals surface area contributed by atoms with Crippen LogP contribution in [0.3, 0.4) is 0 Å². The van der Waals surface area contributed by atoms with E-state index in [9.17, 15) is 14.7 Å². The van der Waals surface area contributed by atoms with Gasteiger partial charge in [0.05, 0.1) is 15.8 Å². The molecule has 0 saturated carbocycles. The van der Waals surface area contributed by atoms with Gasteiger partial charge in [0.1, 0.15) is 5.75 Å². The minimum Gasteiger partial charge on any atom is -0.508 e. The standard InChI is InChI=1S/C18H16N2O4S/c1-2-20(18-19-14-5-3-4-6-15(14)25-18)16(22)11-24-17(23)12-7-9-13(21)10-8-12/h3-10,21H,2,11H2,1H3. The lowest BCUT2D eigenvalue weighted by Gasteiger charge is -2.17. The number of fused-ring (bicyclic) bond motifs is 1. The van der Waals surface area contributed by atoms with Crippen LogP contribution >= 0.6 is 11.3 Å². The smallest absolute Gasteiger partial charge is 0.338 e. The van der Waals surface area contributed by atoms with Gasteiger partial charge in [-0.3, -0.25) is 9.69 Å². The maximum absolute atomic E-state index is 12.4. The molecule has 7 heteroatoms. The van der Waals surface area contributed by atoms with Gasteiger partial charge in [-0.25, -0.2) is 9.78 Å². The van der Waals surface area contributed by atoms with Crippen molar-refractivity contribution in [2.75, 3.05) is 18.1 Å². The van der Waals surface area contributed by atoms with E-state index in [-0.39, 0.29) is 23.8 Å². The molecular weight excluding hydrogens is 340 g/mol. The van der Waals surface area contributed by atoms with Gasteiger partial charge in [0.15, 0.2) is 11.7 Å². The van der Waals surface area contributed by atoms with Gasteiger partial charge >= 0.3 is 5.97 Å². The number of amides is 1. The second-order valence-electron chi connectivity index (χ2n) is 5.23. The van der Waals surface area contributed by atoms with Gasteiger partial charge in [-0.2, -0.15) is 0 Å². The molecule has 3 rings (SSSR count). The highest BCUT2D eigenvalue weighted by Crippen LogP contribution is 2.28. The number of rotatable bonds is 5. The molecule has 128 valence electrons. The number of phenolic OH excluding ortho intramolecular Hbond substituents is 1. The summed E-state index contributed by atoms with van der Waals surface area (Å²) in [4.78, 5) is 30.3. The lowest BCUT2D eigenvalue weighted by Crippen LogP contribution is -2.34. The van der Waals surface area contributed by atoms with Crippen LogP contribution in [-0.4, -0.2) is 35.1 Å². The molecule has 0 saturated heterocycles. The van der Waals surface area contributed by atoms with Crippen LogP contribution in [0.2, 0.25) is 0 Å². The molecule has 1 N–H and O–H groups in total. The Kier molecular flexibility index (Phi) is 4.95. The Morgan fingerprint density at radius 1 is 1.16 bits per heavy atom. The summed E-state index contributed by atoms with van der Waals surface area (Å²) in [5, 5.41) is 9.81. The summed E-state index contributed by atoms with van der Waals surface area (Å²) in [7, 11) is 0. The van der Waals surface area contributed by atoms with E-state index in [1.54, 1.807) is 0 Å². The molecule has 1 heterocycles. The second kappa shape index (κ2) is 7.31. The van der Waals surface area contributed by atoms with Crippen LogP contribution in [0.25, 0.3) is 10.2 Å². The highest BCUT2D eigenvalue weighted by Gasteiger charge is 2.20. The first-order valence-corrected chi connectivity index (χ1v) is 8.52. The van der Waals surface area contributed by atoms with E-state index in [1.807, 2.05) is 31.2 Å². The number of nitrogens with zero attached hydrogens (tertiary/aromatic N) is 2. The molecule has 3 aromatic rings. The summed E-state index contributed by atoms with van der Waals surface area (Å²) in [5.74, 6) is -0.900. The van der Waals surface area contributed by atoms with Crippen molar-refractivity contribution in [2.24, 2.45) is 0 Å². The van der Waals surface area contributed by atoms with Crippen LogP contribution in [0.1, 0.15) is 17.3 Å². The number of benzene rings is 2. The van der Waals surface area contributed by atoms with Crippen molar-refractivity contribution in [3.63, 3.8) is 0 Å². The topological polar surface area (TPSA) is 79.7 Å². The molecule has 1 amide bonds. The van der Waals surface area contributed by atoms with Crippen LogP contribution in [-0.2, 0) is 9.53 Å². The number of likely N-dealkylation sites (N-methyl/N-ethyl adjacent to an activating group) is 1. The maximum atomic E-state index is 12.4. The average Bonchev–Trinajstić information content (AvgIpc) is 3.04. The summed E-state index contributed by atoms with van der Waals surface area (Å²) in [6.07, 6.45) is 0. The molecule has 1 aromatic heterocycles. The van der Waals surface area contributed by atoms with Crippen LogP contribution < -0.4 is 4.90 Å². The number of carbonyl (C=O) groups excluding carboxylic acids is 2. The SMILES string of the molecule is CCN(C(=O)COC(=O)c1ccc(O)cc1)c1nc2ccccc2s1. The second-order valence-corrected chi connectivity index (χ2v) is 6.23. The average molecular weight is 356 g/mol. The number of anilines is 1. The third-order valence-electron chi connectivity index (χ3n) is 3.56. The van der Waals surface area contributed by atoms with Crippen molar-refractivity contribution in [3.8, 4) is 5.75 Å². The highest BCUT2D eigenvalue weighted by molar-refractivity contribution is 7.22. The zero-order chi connectivity index (χ0) is 17.8. The van der Waals surface area contributed by atoms with Gasteiger partial charge in [0.2, 0.25) is 0 Å². The van der Waals surface area contributed by atoms with E-state index < -0.39 is 5.97 Å². The Morgan fingerprint density at radius 3 is 2.56 bits per heavy atom. The minimum absolute atomic E-state index is 0.0561. The number of phenols is 1. The highest BCUT2D eigenvalue weighted by atomic mass is 32.1. The number of hydrogen-bond donors (Lipinski definition) is 1. The molecule has 0 aliphatic heterocycles. The predicted molar refractivity (Wildman–Crippen MR) is 96.0 cm³/mol. The summed E-state index contributed by atoms with van der Waals surface area (Å²) in [6.45, 7) is 1.89. The molecule has 0 atom stereocenters. The number of carbonyl (C=O) groups is 2. The van der Waals surface area contributed by atoms with Crippen molar-refractivity contribution in [1.29, 1.82) is 0 Å². The first-order chi connectivity index (χ1) is 12.1. The molecule has 0 unspecified atom stereocenters. The summed E-state index contributed by atoms with van der Waals surface area (Å²) in [6, 6.07) is 13.3. The van der Waals surface area contributed by atoms with E-state index in [4.69, 9.17) is 4.74 Å². The Morgan fingerprint density at radius 2 is 1.88 bits per heavy atom. The third kappa shape index (κ3) is 3.77. The fourth-order valence-corrected chi connectivity index (χ4v) is 3.33. The zero-order valence-electron chi connectivity index (χ0n) is 13.5. The van der Waals surface area contributed by atoms with Gasteiger partial charge in [-0.15, -0.1) is 0 Å². The Bertz CT molecular complexity index is 872. The van der Waals surface area contributed by atoms with Gasteiger partial charge in [-0.1, -0.05) is 23.5 Å². The molecule has 0 spiro atoms. The monoisotopic (exact) mass is 356 g/mol. The number of aromatic nitrogens is 1. The lowest BCUT2D eigenvalue weighted by molar-refractivity contribution is -0.121. The van der Waals surface area contributed by atoms with Crippen LogP contribution in [0, 0.1) is 0 Å². The Balaban J connectivity index is 1.68. The third-order valence-corrected chi connectivity index (χ3v) is 4.62. The molecule has 2 aromatic carbocycles. The molecule has 0 radical (unpaired) electrons. The van der Waals surface area contributed by atoms with Crippen molar-refractivity contribution < 1.29 is 19.4 Å². The van der Waals surface area contributed by atoms with Gasteiger partial charge in [-0.05, 0) is 43.3 Å². The number of thiazole rings is 1. The van der Waals surface area contributed by atoms with Gasteiger partial charge in [0, 0.05) is 6.54 Å². The number of para-hydroxylation sites is 1. The molecule has 0 bridgehead atoms. The zero-order valence-corrected chi connectivity index (χ0v) is 14.3. The van der Waals surface area contributed by atoms with Crippen LogP contribution in [0.4, 0.5) is 5.13 Å². The fourth-order valence-electron chi connectivity index (χ4n) is 2.28.